The third-order valence-electron chi connectivity index (χ3n) is 4.31. The maximum atomic E-state index is 12.6. The number of para-hydroxylation sites is 1. The molecule has 5 heteroatoms. The molecule has 0 atom stereocenters. The number of ether oxygens (including phenoxy) is 1. The average Bonchev–Trinajstić information content (AvgIpc) is 2.69. The number of nitrogens with one attached hydrogen (secondary N) is 2. The summed E-state index contributed by atoms with van der Waals surface area (Å²) >= 11 is 0. The average molecular weight is 361 g/mol. The summed E-state index contributed by atoms with van der Waals surface area (Å²) in [6.45, 7) is 4.58. The van der Waals surface area contributed by atoms with Crippen molar-refractivity contribution in [3.8, 4) is 5.75 Å². The number of carbonyl (C=O) groups excluding carboxylic acids is 1. The summed E-state index contributed by atoms with van der Waals surface area (Å²) in [7, 11) is 1.65. The van der Waals surface area contributed by atoms with Gasteiger partial charge in [-0.2, -0.15) is 0 Å². The molecule has 27 heavy (non-hydrogen) atoms. The molecule has 0 saturated heterocycles. The van der Waals surface area contributed by atoms with Crippen molar-refractivity contribution in [2.24, 2.45) is 0 Å². The van der Waals surface area contributed by atoms with E-state index in [0.29, 0.717) is 12.1 Å². The number of pyridine rings is 1. The lowest BCUT2D eigenvalue weighted by Crippen LogP contribution is -2.13. The first-order valence-electron chi connectivity index (χ1n) is 8.76. The predicted octanol–water partition coefficient (Wildman–Crippen LogP) is 4.57. The van der Waals surface area contributed by atoms with E-state index in [1.165, 1.54) is 0 Å². The summed E-state index contributed by atoms with van der Waals surface area (Å²) < 4.78 is 5.36. The van der Waals surface area contributed by atoms with E-state index in [1.54, 1.807) is 25.6 Å². The van der Waals surface area contributed by atoms with Crippen LogP contribution in [0.3, 0.4) is 0 Å². The standard InChI is InChI=1S/C22H23N3O2/c1-15-8-9-20(16(2)10-15)25-22(26)18-11-19(14-23-12-18)24-13-17-6-4-5-7-21(17)27-3/h4-12,14,24H,13H2,1-3H3,(H,25,26). The van der Waals surface area contributed by atoms with Gasteiger partial charge in [-0.3, -0.25) is 9.78 Å². The van der Waals surface area contributed by atoms with Crippen LogP contribution in [0.4, 0.5) is 11.4 Å². The number of rotatable bonds is 6. The molecule has 1 amide bonds. The zero-order valence-corrected chi connectivity index (χ0v) is 15.7. The zero-order chi connectivity index (χ0) is 19.2. The number of benzene rings is 2. The van der Waals surface area contributed by atoms with E-state index in [2.05, 4.69) is 15.6 Å². The maximum absolute atomic E-state index is 12.6. The first-order chi connectivity index (χ1) is 13.1. The lowest BCUT2D eigenvalue weighted by molar-refractivity contribution is 0.102. The summed E-state index contributed by atoms with van der Waals surface area (Å²) in [6.07, 6.45) is 3.26. The fraction of sp³-hybridized carbons (Fsp3) is 0.182. The molecule has 0 spiro atoms. The van der Waals surface area contributed by atoms with Crippen LogP contribution in [0.2, 0.25) is 0 Å². The van der Waals surface area contributed by atoms with Crippen molar-refractivity contribution in [3.63, 3.8) is 0 Å². The highest BCUT2D eigenvalue weighted by molar-refractivity contribution is 6.04. The van der Waals surface area contributed by atoms with Crippen molar-refractivity contribution in [1.29, 1.82) is 0 Å². The highest BCUT2D eigenvalue weighted by Crippen LogP contribution is 2.20. The van der Waals surface area contributed by atoms with E-state index in [1.807, 2.05) is 56.3 Å². The van der Waals surface area contributed by atoms with Gasteiger partial charge in [0.2, 0.25) is 0 Å². The molecule has 0 fully saturated rings. The number of amides is 1. The van der Waals surface area contributed by atoms with Crippen molar-refractivity contribution in [2.75, 3.05) is 17.7 Å². The van der Waals surface area contributed by atoms with Gasteiger partial charge in [0.05, 0.1) is 18.4 Å². The van der Waals surface area contributed by atoms with Crippen LogP contribution >= 0.6 is 0 Å². The number of nitrogens with zero attached hydrogens (tertiary/aromatic N) is 1. The van der Waals surface area contributed by atoms with Crippen molar-refractivity contribution >= 4 is 17.3 Å². The second-order valence-electron chi connectivity index (χ2n) is 6.40. The first kappa shape index (κ1) is 18.5. The molecular weight excluding hydrogens is 338 g/mol. The fourth-order valence-electron chi connectivity index (χ4n) is 2.86. The molecule has 2 N–H and O–H groups in total. The largest absolute Gasteiger partial charge is 0.496 e. The Morgan fingerprint density at radius 3 is 2.67 bits per heavy atom. The molecule has 3 aromatic rings. The Kier molecular flexibility index (Phi) is 5.71. The lowest BCUT2D eigenvalue weighted by atomic mass is 10.1. The van der Waals surface area contributed by atoms with E-state index < -0.39 is 0 Å². The monoisotopic (exact) mass is 361 g/mol. The van der Waals surface area contributed by atoms with Gasteiger partial charge in [0.25, 0.3) is 5.91 Å². The molecule has 0 aliphatic rings. The third kappa shape index (κ3) is 4.64. The molecule has 2 aromatic carbocycles. The van der Waals surface area contributed by atoms with Crippen molar-refractivity contribution < 1.29 is 9.53 Å². The van der Waals surface area contributed by atoms with Crippen LogP contribution in [0, 0.1) is 13.8 Å². The summed E-state index contributed by atoms with van der Waals surface area (Å²) in [4.78, 5) is 16.8. The third-order valence-corrected chi connectivity index (χ3v) is 4.31. The minimum Gasteiger partial charge on any atom is -0.496 e. The second kappa shape index (κ2) is 8.36. The predicted molar refractivity (Wildman–Crippen MR) is 108 cm³/mol. The highest BCUT2D eigenvalue weighted by atomic mass is 16.5. The van der Waals surface area contributed by atoms with Gasteiger partial charge in [0, 0.05) is 30.2 Å². The van der Waals surface area contributed by atoms with E-state index in [9.17, 15) is 4.79 Å². The molecule has 0 saturated carbocycles. The Hall–Kier alpha value is -3.34. The van der Waals surface area contributed by atoms with Crippen molar-refractivity contribution in [2.45, 2.75) is 20.4 Å². The molecule has 138 valence electrons. The Bertz CT molecular complexity index is 954. The van der Waals surface area contributed by atoms with Gasteiger partial charge < -0.3 is 15.4 Å². The molecule has 0 radical (unpaired) electrons. The van der Waals surface area contributed by atoms with Crippen LogP contribution in [-0.4, -0.2) is 18.0 Å². The molecule has 0 aliphatic carbocycles. The molecule has 5 nitrogen and oxygen atoms in total. The van der Waals surface area contributed by atoms with Crippen LogP contribution in [-0.2, 0) is 6.54 Å². The summed E-state index contributed by atoms with van der Waals surface area (Å²) in [5.74, 6) is 0.636. The van der Waals surface area contributed by atoms with Crippen LogP contribution in [0.25, 0.3) is 0 Å². The number of anilines is 2. The lowest BCUT2D eigenvalue weighted by Gasteiger charge is -2.12. The Labute approximate surface area is 159 Å². The maximum Gasteiger partial charge on any atom is 0.257 e. The Balaban J connectivity index is 1.70. The highest BCUT2D eigenvalue weighted by Gasteiger charge is 2.10. The SMILES string of the molecule is COc1ccccc1CNc1cncc(C(=O)Nc2ccc(C)cc2C)c1. The number of hydrogen-bond acceptors (Lipinski definition) is 4. The van der Waals surface area contributed by atoms with Crippen LogP contribution in [0.1, 0.15) is 27.0 Å². The summed E-state index contributed by atoms with van der Waals surface area (Å²) in [5.41, 5.74) is 5.30. The van der Waals surface area contributed by atoms with Gasteiger partial charge in [0.15, 0.2) is 0 Å². The van der Waals surface area contributed by atoms with E-state index in [-0.39, 0.29) is 5.91 Å². The van der Waals surface area contributed by atoms with E-state index in [0.717, 1.165) is 33.8 Å². The minimum absolute atomic E-state index is 0.185. The number of hydrogen-bond donors (Lipinski definition) is 2. The summed E-state index contributed by atoms with van der Waals surface area (Å²) in [5, 5.41) is 6.24. The second-order valence-corrected chi connectivity index (χ2v) is 6.40. The van der Waals surface area contributed by atoms with Crippen LogP contribution in [0.15, 0.2) is 60.9 Å². The molecule has 0 unspecified atom stereocenters. The van der Waals surface area contributed by atoms with Gasteiger partial charge in [-0.25, -0.2) is 0 Å². The number of carbonyl (C=O) groups is 1. The normalized spacial score (nSPS) is 10.3. The molecule has 0 bridgehead atoms. The van der Waals surface area contributed by atoms with E-state index in [4.69, 9.17) is 4.74 Å². The van der Waals surface area contributed by atoms with Gasteiger partial charge in [-0.15, -0.1) is 0 Å². The van der Waals surface area contributed by atoms with Crippen LogP contribution in [0.5, 0.6) is 5.75 Å². The fourth-order valence-corrected chi connectivity index (χ4v) is 2.86. The van der Waals surface area contributed by atoms with Crippen molar-refractivity contribution in [3.05, 3.63) is 83.2 Å². The Morgan fingerprint density at radius 2 is 1.89 bits per heavy atom. The van der Waals surface area contributed by atoms with Crippen molar-refractivity contribution in [1.82, 2.24) is 4.98 Å². The number of aromatic nitrogens is 1. The summed E-state index contributed by atoms with van der Waals surface area (Å²) in [6, 6.07) is 15.5. The molecule has 1 heterocycles. The topological polar surface area (TPSA) is 63.2 Å². The van der Waals surface area contributed by atoms with Gasteiger partial charge in [-0.1, -0.05) is 35.9 Å². The minimum atomic E-state index is -0.185. The van der Waals surface area contributed by atoms with Gasteiger partial charge >= 0.3 is 0 Å². The van der Waals surface area contributed by atoms with Gasteiger partial charge in [-0.05, 0) is 37.6 Å². The Morgan fingerprint density at radius 1 is 1.07 bits per heavy atom. The molecule has 0 aliphatic heterocycles. The molecular formula is C22H23N3O2. The smallest absolute Gasteiger partial charge is 0.257 e. The number of methoxy groups -OCH3 is 1. The van der Waals surface area contributed by atoms with Crippen LogP contribution < -0.4 is 15.4 Å². The quantitative estimate of drug-likeness (QED) is 0.675. The van der Waals surface area contributed by atoms with E-state index >= 15 is 0 Å². The first-order valence-corrected chi connectivity index (χ1v) is 8.76. The number of aryl methyl sites for hydroxylation is 2. The molecule has 3 rings (SSSR count). The zero-order valence-electron chi connectivity index (χ0n) is 15.7. The van der Waals surface area contributed by atoms with Gasteiger partial charge in [0.1, 0.15) is 5.75 Å². The molecule has 1 aromatic heterocycles.